The summed E-state index contributed by atoms with van der Waals surface area (Å²) in [7, 11) is 0. The summed E-state index contributed by atoms with van der Waals surface area (Å²) < 4.78 is 1.03. The minimum Gasteiger partial charge on any atom is -0.0837 e. The second kappa shape index (κ2) is 4.38. The van der Waals surface area contributed by atoms with E-state index in [0.29, 0.717) is 0 Å². The average Bonchev–Trinajstić information content (AvgIpc) is 2.23. The lowest BCUT2D eigenvalue weighted by molar-refractivity contribution is 1.44. The van der Waals surface area contributed by atoms with Crippen molar-refractivity contribution in [1.29, 1.82) is 0 Å². The van der Waals surface area contributed by atoms with Gasteiger partial charge in [-0.2, -0.15) is 0 Å². The summed E-state index contributed by atoms with van der Waals surface area (Å²) in [5.41, 5.74) is 3.28. The maximum atomic E-state index is 6.17. The number of halogens is 2. The average molecular weight is 281 g/mol. The molecule has 0 aromatic heterocycles. The number of benzene rings is 2. The van der Waals surface area contributed by atoms with Gasteiger partial charge in [-0.05, 0) is 42.3 Å². The first-order valence-corrected chi connectivity index (χ1v) is 5.78. The van der Waals surface area contributed by atoms with Crippen molar-refractivity contribution >= 4 is 27.5 Å². The van der Waals surface area contributed by atoms with E-state index in [9.17, 15) is 0 Å². The van der Waals surface area contributed by atoms with Crippen LogP contribution in [0.4, 0.5) is 0 Å². The maximum absolute atomic E-state index is 6.17. The van der Waals surface area contributed by atoms with E-state index in [2.05, 4.69) is 28.1 Å². The molecule has 0 aliphatic carbocycles. The fraction of sp³-hybridized carbons (Fsp3) is 0.0769. The Labute approximate surface area is 103 Å². The van der Waals surface area contributed by atoms with E-state index < -0.39 is 0 Å². The van der Waals surface area contributed by atoms with Crippen molar-refractivity contribution in [3.8, 4) is 11.1 Å². The summed E-state index contributed by atoms with van der Waals surface area (Å²) in [4.78, 5) is 0. The molecule has 2 heteroatoms. The van der Waals surface area contributed by atoms with Crippen LogP contribution < -0.4 is 0 Å². The molecule has 0 spiro atoms. The SMILES string of the molecule is Cc1[c]cccc1-c1cc(Br)ccc1Cl. The normalized spacial score (nSPS) is 10.3. The Hall–Kier alpha value is -0.790. The summed E-state index contributed by atoms with van der Waals surface area (Å²) in [5, 5.41) is 0.765. The lowest BCUT2D eigenvalue weighted by atomic mass is 10.0. The van der Waals surface area contributed by atoms with Gasteiger partial charge in [0.1, 0.15) is 0 Å². The van der Waals surface area contributed by atoms with Crippen molar-refractivity contribution < 1.29 is 0 Å². The second-order valence-electron chi connectivity index (χ2n) is 3.33. The fourth-order valence-corrected chi connectivity index (χ4v) is 2.10. The van der Waals surface area contributed by atoms with Gasteiger partial charge >= 0.3 is 0 Å². The molecule has 2 aromatic rings. The second-order valence-corrected chi connectivity index (χ2v) is 4.66. The van der Waals surface area contributed by atoms with Gasteiger partial charge in [-0.1, -0.05) is 45.7 Å². The van der Waals surface area contributed by atoms with Crippen LogP contribution >= 0.6 is 27.5 Å². The highest BCUT2D eigenvalue weighted by Crippen LogP contribution is 2.32. The predicted molar refractivity (Wildman–Crippen MR) is 68.2 cm³/mol. The third-order valence-electron chi connectivity index (χ3n) is 2.28. The molecule has 0 saturated heterocycles. The van der Waals surface area contributed by atoms with Gasteiger partial charge in [0.15, 0.2) is 0 Å². The van der Waals surface area contributed by atoms with Crippen LogP contribution in [0.1, 0.15) is 5.56 Å². The molecule has 2 aromatic carbocycles. The topological polar surface area (TPSA) is 0 Å². The van der Waals surface area contributed by atoms with Crippen molar-refractivity contribution in [3.05, 3.63) is 57.5 Å². The molecule has 15 heavy (non-hydrogen) atoms. The Bertz CT molecular complexity index is 492. The third-order valence-corrected chi connectivity index (χ3v) is 3.10. The van der Waals surface area contributed by atoms with Gasteiger partial charge in [0.05, 0.1) is 0 Å². The standard InChI is InChI=1S/C13H9BrCl/c1-9-4-2-3-5-11(9)12-8-10(14)6-7-13(12)15/h2-3,5-8H,1H3. The largest absolute Gasteiger partial charge is 0.0837 e. The van der Waals surface area contributed by atoms with E-state index in [-0.39, 0.29) is 0 Å². The van der Waals surface area contributed by atoms with Gasteiger partial charge in [-0.15, -0.1) is 0 Å². The van der Waals surface area contributed by atoms with Crippen LogP contribution in [-0.4, -0.2) is 0 Å². The lowest BCUT2D eigenvalue weighted by Crippen LogP contribution is -1.84. The molecule has 0 amide bonds. The highest BCUT2D eigenvalue weighted by Gasteiger charge is 2.06. The Balaban J connectivity index is 2.64. The van der Waals surface area contributed by atoms with Crippen LogP contribution in [0.15, 0.2) is 40.9 Å². The van der Waals surface area contributed by atoms with Gasteiger partial charge in [0.25, 0.3) is 0 Å². The molecule has 0 fully saturated rings. The monoisotopic (exact) mass is 279 g/mol. The maximum Gasteiger partial charge on any atom is 0.0485 e. The smallest absolute Gasteiger partial charge is 0.0485 e. The van der Waals surface area contributed by atoms with Crippen molar-refractivity contribution in [2.75, 3.05) is 0 Å². The molecule has 75 valence electrons. The van der Waals surface area contributed by atoms with Crippen molar-refractivity contribution in [3.63, 3.8) is 0 Å². The van der Waals surface area contributed by atoms with Crippen molar-refractivity contribution in [2.24, 2.45) is 0 Å². The molecule has 1 radical (unpaired) electrons. The van der Waals surface area contributed by atoms with E-state index in [0.717, 1.165) is 26.2 Å². The molecule has 0 atom stereocenters. The van der Waals surface area contributed by atoms with Crippen molar-refractivity contribution in [2.45, 2.75) is 6.92 Å². The highest BCUT2D eigenvalue weighted by atomic mass is 79.9. The van der Waals surface area contributed by atoms with Crippen LogP contribution in [0.3, 0.4) is 0 Å². The van der Waals surface area contributed by atoms with Gasteiger partial charge in [0, 0.05) is 15.1 Å². The molecule has 0 N–H and O–H groups in total. The van der Waals surface area contributed by atoms with Gasteiger partial charge in [-0.25, -0.2) is 0 Å². The van der Waals surface area contributed by atoms with Crippen LogP contribution in [0.2, 0.25) is 5.02 Å². The molecule has 0 saturated carbocycles. The van der Waals surface area contributed by atoms with Crippen molar-refractivity contribution in [1.82, 2.24) is 0 Å². The van der Waals surface area contributed by atoms with E-state index in [1.165, 1.54) is 0 Å². The number of aryl methyl sites for hydroxylation is 1. The van der Waals surface area contributed by atoms with Gasteiger partial charge < -0.3 is 0 Å². The van der Waals surface area contributed by atoms with E-state index >= 15 is 0 Å². The molecule has 0 aliphatic heterocycles. The quantitative estimate of drug-likeness (QED) is 0.698. The molecule has 0 heterocycles. The molecular weight excluding hydrogens is 271 g/mol. The minimum absolute atomic E-state index is 0.765. The lowest BCUT2D eigenvalue weighted by Gasteiger charge is -2.07. The first-order valence-electron chi connectivity index (χ1n) is 4.61. The Kier molecular flexibility index (Phi) is 3.13. The molecule has 0 bridgehead atoms. The van der Waals surface area contributed by atoms with E-state index in [1.807, 2.05) is 37.3 Å². The number of rotatable bonds is 1. The predicted octanol–water partition coefficient (Wildman–Crippen LogP) is 4.88. The zero-order valence-electron chi connectivity index (χ0n) is 8.22. The number of hydrogen-bond donors (Lipinski definition) is 0. The summed E-state index contributed by atoms with van der Waals surface area (Å²) in [5.74, 6) is 0. The summed E-state index contributed by atoms with van der Waals surface area (Å²) >= 11 is 9.62. The summed E-state index contributed by atoms with van der Waals surface area (Å²) in [6, 6.07) is 15.0. The zero-order chi connectivity index (χ0) is 10.8. The Morgan fingerprint density at radius 1 is 1.20 bits per heavy atom. The van der Waals surface area contributed by atoms with Gasteiger partial charge in [0.2, 0.25) is 0 Å². The first kappa shape index (κ1) is 10.7. The molecule has 2 rings (SSSR count). The Morgan fingerprint density at radius 3 is 2.73 bits per heavy atom. The van der Waals surface area contributed by atoms with Crippen LogP contribution in [-0.2, 0) is 0 Å². The summed E-state index contributed by atoms with van der Waals surface area (Å²) in [6.07, 6.45) is 0. The molecular formula is C13H9BrCl. The minimum atomic E-state index is 0.765. The zero-order valence-corrected chi connectivity index (χ0v) is 10.6. The van der Waals surface area contributed by atoms with Crippen LogP contribution in [0.25, 0.3) is 11.1 Å². The third kappa shape index (κ3) is 2.24. The fourth-order valence-electron chi connectivity index (χ4n) is 1.52. The van der Waals surface area contributed by atoms with Gasteiger partial charge in [-0.3, -0.25) is 0 Å². The highest BCUT2D eigenvalue weighted by molar-refractivity contribution is 9.10. The Morgan fingerprint density at radius 2 is 2.00 bits per heavy atom. The summed E-state index contributed by atoms with van der Waals surface area (Å²) in [6.45, 7) is 2.03. The van der Waals surface area contributed by atoms with E-state index in [4.69, 9.17) is 11.6 Å². The van der Waals surface area contributed by atoms with E-state index in [1.54, 1.807) is 0 Å². The molecule has 0 aliphatic rings. The van der Waals surface area contributed by atoms with Crippen LogP contribution in [0.5, 0.6) is 0 Å². The number of hydrogen-bond acceptors (Lipinski definition) is 0. The molecule has 0 nitrogen and oxygen atoms in total. The molecule has 0 unspecified atom stereocenters. The van der Waals surface area contributed by atoms with Crippen LogP contribution in [0, 0.1) is 13.0 Å². The first-order chi connectivity index (χ1) is 7.18.